The van der Waals surface area contributed by atoms with Gasteiger partial charge in [-0.2, -0.15) is 0 Å². The van der Waals surface area contributed by atoms with E-state index in [0.717, 1.165) is 11.3 Å². The van der Waals surface area contributed by atoms with Crippen molar-refractivity contribution in [2.75, 3.05) is 43.4 Å². The molecular weight excluding hydrogens is 490 g/mol. The summed E-state index contributed by atoms with van der Waals surface area (Å²) in [4.78, 5) is 31.9. The van der Waals surface area contributed by atoms with E-state index in [4.69, 9.17) is 9.47 Å². The van der Waals surface area contributed by atoms with E-state index in [1.54, 1.807) is 25.2 Å². The molecule has 0 saturated carbocycles. The third kappa shape index (κ3) is 5.03. The quantitative estimate of drug-likeness (QED) is 0.328. The second-order valence-corrected chi connectivity index (χ2v) is 9.59. The number of ether oxygens (including phenoxy) is 2. The molecule has 7 nitrogen and oxygen atoms in total. The smallest absolute Gasteiger partial charge is 0.259 e. The van der Waals surface area contributed by atoms with Gasteiger partial charge in [-0.25, -0.2) is 0 Å². The zero-order valence-corrected chi connectivity index (χ0v) is 22.4. The number of amides is 2. The van der Waals surface area contributed by atoms with E-state index in [9.17, 15) is 9.59 Å². The SMILES string of the molecule is COc1ccc([C@H]2[C@H](C(=O)Nc3ccc(N(C)C)cc3)c3ccccc3C(=O)N2c2ccc(OC)cc2)cc1. The van der Waals surface area contributed by atoms with Crippen LogP contribution in [-0.4, -0.2) is 40.1 Å². The molecule has 0 spiro atoms. The monoisotopic (exact) mass is 521 g/mol. The number of hydrogen-bond acceptors (Lipinski definition) is 5. The average molecular weight is 522 g/mol. The van der Waals surface area contributed by atoms with Crippen molar-refractivity contribution in [3.8, 4) is 11.5 Å². The fraction of sp³-hybridized carbons (Fsp3) is 0.188. The lowest BCUT2D eigenvalue weighted by Crippen LogP contribution is -2.46. The van der Waals surface area contributed by atoms with Crippen molar-refractivity contribution >= 4 is 28.9 Å². The molecule has 39 heavy (non-hydrogen) atoms. The van der Waals surface area contributed by atoms with E-state index in [1.165, 1.54) is 0 Å². The van der Waals surface area contributed by atoms with Crippen LogP contribution in [-0.2, 0) is 4.79 Å². The van der Waals surface area contributed by atoms with Crippen molar-refractivity contribution in [1.29, 1.82) is 0 Å². The third-order valence-electron chi connectivity index (χ3n) is 7.08. The second-order valence-electron chi connectivity index (χ2n) is 9.59. The molecule has 1 N–H and O–H groups in total. The average Bonchev–Trinajstić information content (AvgIpc) is 2.97. The van der Waals surface area contributed by atoms with Gasteiger partial charge in [-0.05, 0) is 77.9 Å². The van der Waals surface area contributed by atoms with E-state index in [-0.39, 0.29) is 11.8 Å². The standard InChI is InChI=1S/C32H31N3O4/c1-34(2)23-13-11-22(12-14-23)33-31(36)29-27-7-5-6-8-28(27)32(37)35(24-15-19-26(39-4)20-16-24)30(29)21-9-17-25(38-3)18-10-21/h5-20,29-30H,1-4H3,(H,33,36)/t29-,30+/m1/s1. The molecule has 4 aromatic carbocycles. The Morgan fingerprint density at radius 2 is 1.38 bits per heavy atom. The zero-order valence-electron chi connectivity index (χ0n) is 22.4. The molecule has 2 atom stereocenters. The molecule has 4 aromatic rings. The Morgan fingerprint density at radius 3 is 1.97 bits per heavy atom. The molecule has 0 aliphatic carbocycles. The Labute approximate surface area is 228 Å². The highest BCUT2D eigenvalue weighted by Gasteiger charge is 2.45. The van der Waals surface area contributed by atoms with Crippen LogP contribution in [0, 0.1) is 0 Å². The van der Waals surface area contributed by atoms with E-state index < -0.39 is 12.0 Å². The summed E-state index contributed by atoms with van der Waals surface area (Å²) in [5.74, 6) is 0.324. The van der Waals surface area contributed by atoms with Crippen LogP contribution in [0.1, 0.15) is 33.4 Å². The molecule has 1 aliphatic heterocycles. The molecule has 2 amide bonds. The molecule has 1 heterocycles. The molecule has 5 rings (SSSR count). The lowest BCUT2D eigenvalue weighted by molar-refractivity contribution is -0.118. The summed E-state index contributed by atoms with van der Waals surface area (Å²) in [6.07, 6.45) is 0. The number of fused-ring (bicyclic) bond motifs is 1. The van der Waals surface area contributed by atoms with E-state index in [0.29, 0.717) is 34.0 Å². The van der Waals surface area contributed by atoms with Crippen molar-refractivity contribution in [2.45, 2.75) is 12.0 Å². The molecule has 7 heteroatoms. The van der Waals surface area contributed by atoms with Crippen molar-refractivity contribution in [2.24, 2.45) is 0 Å². The maximum absolute atomic E-state index is 14.1. The van der Waals surface area contributed by atoms with Crippen LogP contribution in [0.15, 0.2) is 97.1 Å². The first-order valence-electron chi connectivity index (χ1n) is 12.7. The van der Waals surface area contributed by atoms with Gasteiger partial charge in [0.25, 0.3) is 5.91 Å². The third-order valence-corrected chi connectivity index (χ3v) is 7.08. The lowest BCUT2D eigenvalue weighted by atomic mass is 9.78. The first kappa shape index (κ1) is 25.9. The molecule has 0 saturated heterocycles. The first-order valence-corrected chi connectivity index (χ1v) is 12.7. The van der Waals surface area contributed by atoms with Crippen LogP contribution in [0.25, 0.3) is 0 Å². The summed E-state index contributed by atoms with van der Waals surface area (Å²) in [7, 11) is 7.15. The van der Waals surface area contributed by atoms with Crippen LogP contribution in [0.5, 0.6) is 11.5 Å². The van der Waals surface area contributed by atoms with Gasteiger partial charge in [0.2, 0.25) is 5.91 Å². The Bertz CT molecular complexity index is 1470. The number of nitrogens with one attached hydrogen (secondary N) is 1. The highest BCUT2D eigenvalue weighted by Crippen LogP contribution is 2.46. The maximum Gasteiger partial charge on any atom is 0.259 e. The number of nitrogens with zero attached hydrogens (tertiary/aromatic N) is 2. The van der Waals surface area contributed by atoms with Crippen LogP contribution in [0.4, 0.5) is 17.1 Å². The van der Waals surface area contributed by atoms with E-state index in [1.807, 2.05) is 110 Å². The van der Waals surface area contributed by atoms with Gasteiger partial charge in [0.05, 0.1) is 26.2 Å². The minimum Gasteiger partial charge on any atom is -0.497 e. The molecule has 1 aliphatic rings. The molecule has 0 bridgehead atoms. The highest BCUT2D eigenvalue weighted by atomic mass is 16.5. The zero-order chi connectivity index (χ0) is 27.5. The maximum atomic E-state index is 14.1. The van der Waals surface area contributed by atoms with Gasteiger partial charge in [-0.15, -0.1) is 0 Å². The minimum atomic E-state index is -0.678. The number of rotatable bonds is 7. The van der Waals surface area contributed by atoms with Gasteiger partial charge in [-0.3, -0.25) is 14.5 Å². The number of benzene rings is 4. The summed E-state index contributed by atoms with van der Waals surface area (Å²) in [6, 6.07) is 29.3. The van der Waals surface area contributed by atoms with Gasteiger partial charge in [0.1, 0.15) is 11.5 Å². The molecule has 0 unspecified atom stereocenters. The van der Waals surface area contributed by atoms with Crippen LogP contribution in [0.3, 0.4) is 0 Å². The van der Waals surface area contributed by atoms with Crippen LogP contribution in [0.2, 0.25) is 0 Å². The Morgan fingerprint density at radius 1 is 0.795 bits per heavy atom. The Hall–Kier alpha value is -4.78. The fourth-order valence-electron chi connectivity index (χ4n) is 5.05. The number of hydrogen-bond donors (Lipinski definition) is 1. The Kier molecular flexibility index (Phi) is 7.23. The molecule has 0 aromatic heterocycles. The highest BCUT2D eigenvalue weighted by molar-refractivity contribution is 6.12. The van der Waals surface area contributed by atoms with Crippen molar-refractivity contribution in [3.05, 3.63) is 114 Å². The van der Waals surface area contributed by atoms with Gasteiger partial charge in [0, 0.05) is 36.7 Å². The number of carbonyl (C=O) groups is 2. The van der Waals surface area contributed by atoms with Crippen molar-refractivity contribution < 1.29 is 19.1 Å². The molecular formula is C32H31N3O4. The minimum absolute atomic E-state index is 0.170. The first-order chi connectivity index (χ1) is 18.9. The van der Waals surface area contributed by atoms with Crippen molar-refractivity contribution in [1.82, 2.24) is 0 Å². The summed E-state index contributed by atoms with van der Waals surface area (Å²) in [5.41, 5.74) is 4.39. The summed E-state index contributed by atoms with van der Waals surface area (Å²) < 4.78 is 10.7. The normalized spacial score (nSPS) is 16.3. The molecule has 0 radical (unpaired) electrons. The number of anilines is 3. The summed E-state index contributed by atoms with van der Waals surface area (Å²) >= 11 is 0. The van der Waals surface area contributed by atoms with E-state index >= 15 is 0 Å². The number of methoxy groups -OCH3 is 2. The predicted molar refractivity (Wildman–Crippen MR) is 154 cm³/mol. The lowest BCUT2D eigenvalue weighted by Gasteiger charge is -2.42. The Balaban J connectivity index is 1.64. The fourth-order valence-corrected chi connectivity index (χ4v) is 5.05. The summed E-state index contributed by atoms with van der Waals surface area (Å²) in [6.45, 7) is 0. The van der Waals surface area contributed by atoms with E-state index in [2.05, 4.69) is 5.32 Å². The second kappa shape index (κ2) is 10.9. The van der Waals surface area contributed by atoms with Crippen LogP contribution >= 0.6 is 0 Å². The van der Waals surface area contributed by atoms with Gasteiger partial charge in [0.15, 0.2) is 0 Å². The van der Waals surface area contributed by atoms with Gasteiger partial charge >= 0.3 is 0 Å². The predicted octanol–water partition coefficient (Wildman–Crippen LogP) is 5.89. The van der Waals surface area contributed by atoms with Crippen LogP contribution < -0.4 is 24.6 Å². The number of carbonyl (C=O) groups excluding carboxylic acids is 2. The largest absolute Gasteiger partial charge is 0.497 e. The summed E-state index contributed by atoms with van der Waals surface area (Å²) in [5, 5.41) is 3.11. The molecule has 198 valence electrons. The van der Waals surface area contributed by atoms with Gasteiger partial charge in [-0.1, -0.05) is 30.3 Å². The van der Waals surface area contributed by atoms with Gasteiger partial charge < -0.3 is 19.7 Å². The van der Waals surface area contributed by atoms with Crippen molar-refractivity contribution in [3.63, 3.8) is 0 Å². The molecule has 0 fully saturated rings. The topological polar surface area (TPSA) is 71.1 Å².